The molecular formula is C19H24IN5O4S. The fraction of sp³-hybridized carbons (Fsp3) is 0.316. The highest BCUT2D eigenvalue weighted by Crippen LogP contribution is 2.18. The summed E-state index contributed by atoms with van der Waals surface area (Å²) in [6, 6.07) is 13.2. The lowest BCUT2D eigenvalue weighted by atomic mass is 10.0. The van der Waals surface area contributed by atoms with Crippen LogP contribution in [0.15, 0.2) is 58.4 Å². The zero-order valence-electron chi connectivity index (χ0n) is 16.4. The lowest BCUT2D eigenvalue weighted by Crippen LogP contribution is -2.46. The molecule has 2 aromatic carbocycles. The summed E-state index contributed by atoms with van der Waals surface area (Å²) in [4.78, 5) is 16.5. The molecule has 1 aliphatic heterocycles. The van der Waals surface area contributed by atoms with Gasteiger partial charge in [0.05, 0.1) is 9.82 Å². The van der Waals surface area contributed by atoms with E-state index in [9.17, 15) is 18.5 Å². The van der Waals surface area contributed by atoms with Crippen molar-refractivity contribution in [3.05, 3.63) is 69.8 Å². The Morgan fingerprint density at radius 1 is 1.17 bits per heavy atom. The summed E-state index contributed by atoms with van der Waals surface area (Å²) in [5.41, 5.74) is 2.33. The fourth-order valence-electron chi connectivity index (χ4n) is 3.22. The van der Waals surface area contributed by atoms with Gasteiger partial charge in [0.2, 0.25) is 10.0 Å². The third-order valence-electron chi connectivity index (χ3n) is 4.68. The molecule has 0 fully saturated rings. The molecule has 162 valence electrons. The van der Waals surface area contributed by atoms with E-state index in [1.54, 1.807) is 7.05 Å². The molecule has 0 aromatic heterocycles. The largest absolute Gasteiger partial charge is 0.355 e. The first kappa shape index (κ1) is 24.0. The van der Waals surface area contributed by atoms with E-state index >= 15 is 0 Å². The molecule has 0 spiro atoms. The number of nitrogens with zero attached hydrogens (tertiary/aromatic N) is 3. The molecule has 2 aromatic rings. The third-order valence-corrected chi connectivity index (χ3v) is 6.14. The van der Waals surface area contributed by atoms with Crippen molar-refractivity contribution in [1.29, 1.82) is 0 Å². The number of hydrogen-bond acceptors (Lipinski definition) is 5. The van der Waals surface area contributed by atoms with E-state index in [2.05, 4.69) is 32.1 Å². The minimum atomic E-state index is -3.83. The summed E-state index contributed by atoms with van der Waals surface area (Å²) >= 11 is 0. The number of rotatable bonds is 6. The molecule has 0 bridgehead atoms. The summed E-state index contributed by atoms with van der Waals surface area (Å²) in [6.07, 6.45) is 0.927. The van der Waals surface area contributed by atoms with Crippen molar-refractivity contribution in [3.8, 4) is 0 Å². The van der Waals surface area contributed by atoms with Crippen molar-refractivity contribution in [2.75, 3.05) is 26.7 Å². The van der Waals surface area contributed by atoms with E-state index in [0.717, 1.165) is 25.6 Å². The monoisotopic (exact) mass is 545 g/mol. The van der Waals surface area contributed by atoms with Crippen LogP contribution in [0.25, 0.3) is 0 Å². The quantitative estimate of drug-likeness (QED) is 0.144. The molecular weight excluding hydrogens is 521 g/mol. The van der Waals surface area contributed by atoms with Crippen LogP contribution in [0.4, 0.5) is 5.69 Å². The van der Waals surface area contributed by atoms with Gasteiger partial charge in [0.25, 0.3) is 5.69 Å². The summed E-state index contributed by atoms with van der Waals surface area (Å²) in [7, 11) is -2.14. The predicted octanol–water partition coefficient (Wildman–Crippen LogP) is 2.12. The number of halogens is 1. The lowest BCUT2D eigenvalue weighted by molar-refractivity contribution is -0.385. The van der Waals surface area contributed by atoms with Crippen LogP contribution in [0, 0.1) is 10.1 Å². The van der Waals surface area contributed by atoms with Gasteiger partial charge in [0, 0.05) is 45.4 Å². The maximum absolute atomic E-state index is 12.4. The number of benzene rings is 2. The predicted molar refractivity (Wildman–Crippen MR) is 126 cm³/mol. The summed E-state index contributed by atoms with van der Waals surface area (Å²) in [6.45, 7) is 2.03. The average molecular weight is 545 g/mol. The topological polar surface area (TPSA) is 117 Å². The number of nitro benzene ring substituents is 1. The van der Waals surface area contributed by atoms with Crippen LogP contribution in [0.2, 0.25) is 0 Å². The molecule has 0 radical (unpaired) electrons. The average Bonchev–Trinajstić information content (AvgIpc) is 2.73. The molecule has 0 atom stereocenters. The fourth-order valence-corrected chi connectivity index (χ4v) is 4.29. The molecule has 3 rings (SSSR count). The lowest BCUT2D eigenvalue weighted by Gasteiger charge is -2.31. The number of guanidine groups is 1. The Labute approximate surface area is 192 Å². The number of fused-ring (bicyclic) bond motifs is 1. The molecule has 0 saturated heterocycles. The Bertz CT molecular complexity index is 1030. The van der Waals surface area contributed by atoms with E-state index in [4.69, 9.17) is 0 Å². The molecule has 11 heteroatoms. The van der Waals surface area contributed by atoms with Gasteiger partial charge in [-0.15, -0.1) is 24.0 Å². The minimum Gasteiger partial charge on any atom is -0.355 e. The van der Waals surface area contributed by atoms with Crippen LogP contribution in [0.3, 0.4) is 0 Å². The highest BCUT2D eigenvalue weighted by atomic mass is 127. The number of nitro groups is 1. The molecule has 0 saturated carbocycles. The van der Waals surface area contributed by atoms with Crippen LogP contribution in [0.1, 0.15) is 11.1 Å². The normalized spacial score (nSPS) is 13.9. The van der Waals surface area contributed by atoms with E-state index in [1.807, 2.05) is 12.1 Å². The van der Waals surface area contributed by atoms with Crippen LogP contribution < -0.4 is 10.0 Å². The van der Waals surface area contributed by atoms with E-state index in [1.165, 1.54) is 29.3 Å². The number of aliphatic imine (C=N–C) groups is 1. The molecule has 0 amide bonds. The van der Waals surface area contributed by atoms with Gasteiger partial charge >= 0.3 is 0 Å². The highest BCUT2D eigenvalue weighted by molar-refractivity contribution is 14.0. The van der Waals surface area contributed by atoms with Crippen molar-refractivity contribution < 1.29 is 13.3 Å². The van der Waals surface area contributed by atoms with Crippen molar-refractivity contribution in [2.24, 2.45) is 4.99 Å². The first-order valence-electron chi connectivity index (χ1n) is 9.17. The van der Waals surface area contributed by atoms with Crippen LogP contribution in [0.5, 0.6) is 0 Å². The van der Waals surface area contributed by atoms with E-state index < -0.39 is 14.9 Å². The molecule has 0 aliphatic carbocycles. The smallest absolute Gasteiger partial charge is 0.270 e. The second kappa shape index (κ2) is 10.7. The molecule has 1 heterocycles. The zero-order chi connectivity index (χ0) is 20.9. The molecule has 1 aliphatic rings. The van der Waals surface area contributed by atoms with Crippen molar-refractivity contribution in [1.82, 2.24) is 14.9 Å². The van der Waals surface area contributed by atoms with Crippen LogP contribution in [-0.2, 0) is 23.0 Å². The first-order chi connectivity index (χ1) is 13.9. The van der Waals surface area contributed by atoms with E-state index in [0.29, 0.717) is 12.5 Å². The Kier molecular flexibility index (Phi) is 8.55. The van der Waals surface area contributed by atoms with Gasteiger partial charge < -0.3 is 10.2 Å². The summed E-state index contributed by atoms with van der Waals surface area (Å²) in [5, 5.41) is 14.0. The molecule has 30 heavy (non-hydrogen) atoms. The van der Waals surface area contributed by atoms with Crippen molar-refractivity contribution in [3.63, 3.8) is 0 Å². The minimum absolute atomic E-state index is 0. The van der Waals surface area contributed by atoms with Gasteiger partial charge in [-0.1, -0.05) is 30.3 Å². The van der Waals surface area contributed by atoms with Gasteiger partial charge in [-0.3, -0.25) is 15.1 Å². The highest BCUT2D eigenvalue weighted by Gasteiger charge is 2.19. The van der Waals surface area contributed by atoms with Gasteiger partial charge in [-0.25, -0.2) is 13.1 Å². The standard InChI is InChI=1S/C19H23N5O4S.HI/c1-20-19(23-12-9-15-5-2-3-6-16(15)14-23)21-10-11-22-29(27,28)18-8-4-7-17(13-18)24(25)26;/h2-8,13,22H,9-12,14H2,1H3,(H,20,21);1H. The van der Waals surface area contributed by atoms with Crippen LogP contribution in [-0.4, -0.2) is 50.9 Å². The number of non-ortho nitro benzene ring substituents is 1. The van der Waals surface area contributed by atoms with Crippen molar-refractivity contribution in [2.45, 2.75) is 17.9 Å². The zero-order valence-corrected chi connectivity index (χ0v) is 19.6. The molecule has 2 N–H and O–H groups in total. The second-order valence-corrected chi connectivity index (χ2v) is 8.33. The number of hydrogen-bond donors (Lipinski definition) is 2. The van der Waals surface area contributed by atoms with Crippen molar-refractivity contribution >= 4 is 45.6 Å². The Morgan fingerprint density at radius 3 is 2.60 bits per heavy atom. The van der Waals surface area contributed by atoms with Crippen LogP contribution >= 0.6 is 24.0 Å². The summed E-state index contributed by atoms with van der Waals surface area (Å²) in [5.74, 6) is 0.703. The van der Waals surface area contributed by atoms with Gasteiger partial charge in [0.1, 0.15) is 0 Å². The Balaban J connectivity index is 0.00000320. The molecule has 9 nitrogen and oxygen atoms in total. The maximum atomic E-state index is 12.4. The SMILES string of the molecule is CN=C(NCCNS(=O)(=O)c1cccc([N+](=O)[O-])c1)N1CCc2ccccc2C1.I. The third kappa shape index (κ3) is 5.89. The Morgan fingerprint density at radius 2 is 1.90 bits per heavy atom. The van der Waals surface area contributed by atoms with E-state index in [-0.39, 0.29) is 41.1 Å². The second-order valence-electron chi connectivity index (χ2n) is 6.57. The maximum Gasteiger partial charge on any atom is 0.270 e. The van der Waals surface area contributed by atoms with Gasteiger partial charge in [0.15, 0.2) is 5.96 Å². The van der Waals surface area contributed by atoms with Gasteiger partial charge in [-0.2, -0.15) is 0 Å². The first-order valence-corrected chi connectivity index (χ1v) is 10.7. The summed E-state index contributed by atoms with van der Waals surface area (Å²) < 4.78 is 27.2. The van der Waals surface area contributed by atoms with Gasteiger partial charge in [-0.05, 0) is 23.6 Å². The Hall–Kier alpha value is -2.25. The number of nitrogens with one attached hydrogen (secondary N) is 2. The molecule has 0 unspecified atom stereocenters. The number of sulfonamides is 1.